The number of amides is 1. The van der Waals surface area contributed by atoms with Crippen LogP contribution in [-0.2, 0) is 11.2 Å². The van der Waals surface area contributed by atoms with Crippen LogP contribution >= 0.6 is 0 Å². The number of benzene rings is 1. The van der Waals surface area contributed by atoms with E-state index in [0.717, 1.165) is 0 Å². The van der Waals surface area contributed by atoms with Crippen molar-refractivity contribution in [2.45, 2.75) is 38.4 Å². The molecule has 1 aromatic heterocycles. The fourth-order valence-electron chi connectivity index (χ4n) is 2.73. The second-order valence-electron chi connectivity index (χ2n) is 6.34. The summed E-state index contributed by atoms with van der Waals surface area (Å²) >= 11 is 0. The molecule has 1 N–H and O–H groups in total. The minimum atomic E-state index is -0.988. The Balaban J connectivity index is 1.68. The molecule has 1 aromatic carbocycles. The van der Waals surface area contributed by atoms with Crippen molar-refractivity contribution >= 4 is 5.91 Å². The molecule has 1 amide bonds. The van der Waals surface area contributed by atoms with Gasteiger partial charge in [-0.1, -0.05) is 28.5 Å². The number of aryl methyl sites for hydroxylation is 1. The number of likely N-dealkylation sites (tertiary alicyclic amines) is 1. The van der Waals surface area contributed by atoms with Crippen molar-refractivity contribution in [2.75, 3.05) is 13.1 Å². The normalized spacial score (nSPS) is 24.0. The Morgan fingerprint density at radius 1 is 1.42 bits per heavy atom. The second-order valence-corrected chi connectivity index (χ2v) is 6.34. The van der Waals surface area contributed by atoms with E-state index in [2.05, 4.69) is 14.9 Å². The van der Waals surface area contributed by atoms with E-state index in [1.165, 1.54) is 0 Å². The molecule has 2 heterocycles. The molecule has 0 bridgehead atoms. The Hall–Kier alpha value is -2.41. The minimum absolute atomic E-state index is 0.0778. The van der Waals surface area contributed by atoms with Gasteiger partial charge in [-0.2, -0.15) is 0 Å². The van der Waals surface area contributed by atoms with Gasteiger partial charge in [0.2, 0.25) is 5.91 Å². The molecule has 3 rings (SSSR count). The van der Waals surface area contributed by atoms with Crippen LogP contribution in [0.4, 0.5) is 0 Å². The van der Waals surface area contributed by atoms with Crippen LogP contribution in [0, 0.1) is 6.92 Å². The summed E-state index contributed by atoms with van der Waals surface area (Å²) in [6.45, 7) is 4.30. The summed E-state index contributed by atoms with van der Waals surface area (Å²) in [5, 5.41) is 18.0. The number of aromatic nitrogens is 2. The van der Waals surface area contributed by atoms with Crippen LogP contribution in [0.2, 0.25) is 0 Å². The quantitative estimate of drug-likeness (QED) is 0.910. The molecule has 1 aliphatic rings. The molecule has 128 valence electrons. The van der Waals surface area contributed by atoms with E-state index in [1.54, 1.807) is 18.7 Å². The van der Waals surface area contributed by atoms with Crippen LogP contribution in [0.3, 0.4) is 0 Å². The molecule has 2 aromatic rings. The molecule has 0 aliphatic carbocycles. The van der Waals surface area contributed by atoms with Gasteiger partial charge < -0.3 is 14.7 Å². The Morgan fingerprint density at radius 3 is 2.83 bits per heavy atom. The number of rotatable bonds is 4. The van der Waals surface area contributed by atoms with Crippen LogP contribution in [0.1, 0.15) is 24.7 Å². The third-order valence-electron chi connectivity index (χ3n) is 4.41. The molecule has 0 radical (unpaired) electrons. The van der Waals surface area contributed by atoms with E-state index in [-0.39, 0.29) is 12.3 Å². The van der Waals surface area contributed by atoms with Crippen molar-refractivity contribution < 1.29 is 19.3 Å². The van der Waals surface area contributed by atoms with Crippen LogP contribution in [0.5, 0.6) is 5.75 Å². The molecule has 0 unspecified atom stereocenters. The first-order valence-corrected chi connectivity index (χ1v) is 7.95. The number of carbonyl (C=O) groups excluding carboxylic acids is 1. The Morgan fingerprint density at radius 2 is 2.17 bits per heavy atom. The third kappa shape index (κ3) is 3.56. The fraction of sp³-hybridized carbons (Fsp3) is 0.471. The van der Waals surface area contributed by atoms with Gasteiger partial charge in [0.05, 0.1) is 13.0 Å². The molecule has 1 saturated heterocycles. The lowest BCUT2D eigenvalue weighted by molar-refractivity contribution is -0.142. The molecule has 7 nitrogen and oxygen atoms in total. The van der Waals surface area contributed by atoms with E-state index >= 15 is 0 Å². The maximum Gasteiger partial charge on any atom is 0.228 e. The smallest absolute Gasteiger partial charge is 0.228 e. The number of hydrogen-bond acceptors (Lipinski definition) is 6. The van der Waals surface area contributed by atoms with Crippen LogP contribution < -0.4 is 4.74 Å². The first-order chi connectivity index (χ1) is 11.5. The van der Waals surface area contributed by atoms with Crippen molar-refractivity contribution in [3.05, 3.63) is 41.7 Å². The Labute approximate surface area is 140 Å². The van der Waals surface area contributed by atoms with Crippen molar-refractivity contribution in [3.8, 4) is 5.75 Å². The molecule has 1 aliphatic heterocycles. The molecule has 1 fully saturated rings. The van der Waals surface area contributed by atoms with Crippen molar-refractivity contribution in [1.82, 2.24) is 15.2 Å². The zero-order chi connectivity index (χ0) is 17.2. The number of carbonyl (C=O) groups is 1. The van der Waals surface area contributed by atoms with Crippen LogP contribution in [-0.4, -0.2) is 51.0 Å². The lowest BCUT2D eigenvalue weighted by Gasteiger charge is -2.42. The summed E-state index contributed by atoms with van der Waals surface area (Å²) in [4.78, 5) is 14.2. The largest absolute Gasteiger partial charge is 0.486 e. The van der Waals surface area contributed by atoms with Crippen molar-refractivity contribution in [2.24, 2.45) is 0 Å². The lowest BCUT2D eigenvalue weighted by Crippen LogP contribution is -2.57. The molecule has 2 atom stereocenters. The number of ether oxygens (including phenoxy) is 1. The predicted molar refractivity (Wildman–Crippen MR) is 85.4 cm³/mol. The van der Waals surface area contributed by atoms with Crippen molar-refractivity contribution in [1.29, 1.82) is 0 Å². The summed E-state index contributed by atoms with van der Waals surface area (Å²) in [5.41, 5.74) is 0.167. The monoisotopic (exact) mass is 331 g/mol. The molecule has 24 heavy (non-hydrogen) atoms. The molecular weight excluding hydrogens is 310 g/mol. The van der Waals surface area contributed by atoms with E-state index in [0.29, 0.717) is 36.6 Å². The average Bonchev–Trinajstić information content (AvgIpc) is 2.95. The maximum absolute atomic E-state index is 12.5. The van der Waals surface area contributed by atoms with Gasteiger partial charge in [0.15, 0.2) is 0 Å². The van der Waals surface area contributed by atoms with Gasteiger partial charge in [0, 0.05) is 6.54 Å². The zero-order valence-corrected chi connectivity index (χ0v) is 13.8. The number of para-hydroxylation sites is 1. The van der Waals surface area contributed by atoms with E-state index in [4.69, 9.17) is 4.74 Å². The number of aliphatic hydroxyl groups is 1. The topological polar surface area (TPSA) is 88.7 Å². The highest BCUT2D eigenvalue weighted by molar-refractivity contribution is 5.78. The number of hydrogen-bond donors (Lipinski definition) is 1. The van der Waals surface area contributed by atoms with E-state index < -0.39 is 11.7 Å². The Kier molecular flexibility index (Phi) is 4.53. The molecular formula is C17H21N3O4. The van der Waals surface area contributed by atoms with Gasteiger partial charge in [-0.05, 0) is 32.4 Å². The van der Waals surface area contributed by atoms with Gasteiger partial charge in [0.1, 0.15) is 28.8 Å². The van der Waals surface area contributed by atoms with E-state index in [1.807, 2.05) is 30.3 Å². The van der Waals surface area contributed by atoms with Crippen LogP contribution in [0.15, 0.2) is 35.0 Å². The lowest BCUT2D eigenvalue weighted by atomic mass is 9.90. The zero-order valence-electron chi connectivity index (χ0n) is 13.8. The summed E-state index contributed by atoms with van der Waals surface area (Å²) in [6, 6.07) is 9.31. The highest BCUT2D eigenvalue weighted by Gasteiger charge is 2.41. The molecule has 7 heteroatoms. The van der Waals surface area contributed by atoms with Crippen molar-refractivity contribution in [3.63, 3.8) is 0 Å². The first-order valence-electron chi connectivity index (χ1n) is 7.95. The fourth-order valence-corrected chi connectivity index (χ4v) is 2.73. The second kappa shape index (κ2) is 6.60. The van der Waals surface area contributed by atoms with Crippen LogP contribution in [0.25, 0.3) is 0 Å². The summed E-state index contributed by atoms with van der Waals surface area (Å²) in [7, 11) is 0. The SMILES string of the molecule is Cc1nonc1CC(=O)N1CC[C@@](C)(O)[C@H](Oc2ccccc2)C1. The summed E-state index contributed by atoms with van der Waals surface area (Å²) in [5.74, 6) is 0.597. The predicted octanol–water partition coefficient (Wildman–Crippen LogP) is 1.35. The van der Waals surface area contributed by atoms with Gasteiger partial charge in [-0.25, -0.2) is 4.63 Å². The first kappa shape index (κ1) is 16.4. The summed E-state index contributed by atoms with van der Waals surface area (Å²) < 4.78 is 10.6. The third-order valence-corrected chi connectivity index (χ3v) is 4.41. The number of nitrogens with zero attached hydrogens (tertiary/aromatic N) is 3. The van der Waals surface area contributed by atoms with Gasteiger partial charge >= 0.3 is 0 Å². The summed E-state index contributed by atoms with van der Waals surface area (Å²) in [6.07, 6.45) is 0.0936. The highest BCUT2D eigenvalue weighted by Crippen LogP contribution is 2.27. The standard InChI is InChI=1S/C17H21N3O4/c1-12-14(19-24-18-12)10-16(21)20-9-8-17(2,22)15(11-20)23-13-6-4-3-5-7-13/h3-7,15,22H,8-11H2,1-2H3/t15-,17-/m1/s1. The van der Waals surface area contributed by atoms with E-state index in [9.17, 15) is 9.90 Å². The molecule has 0 spiro atoms. The highest BCUT2D eigenvalue weighted by atomic mass is 16.6. The minimum Gasteiger partial charge on any atom is -0.486 e. The van der Waals surface area contributed by atoms with Gasteiger partial charge in [0.25, 0.3) is 0 Å². The maximum atomic E-state index is 12.5. The van der Waals surface area contributed by atoms with Gasteiger partial charge in [-0.15, -0.1) is 0 Å². The molecule has 0 saturated carbocycles. The average molecular weight is 331 g/mol. The van der Waals surface area contributed by atoms with Gasteiger partial charge in [-0.3, -0.25) is 4.79 Å². The Bertz CT molecular complexity index is 699. The number of piperidine rings is 1.